The Kier molecular flexibility index (Phi) is 4.11. The summed E-state index contributed by atoms with van der Waals surface area (Å²) < 4.78 is 34.4. The molecular formula is C21H21NO4S. The van der Waals surface area contributed by atoms with E-state index in [2.05, 4.69) is 4.72 Å². The van der Waals surface area contributed by atoms with Crippen LogP contribution in [0.3, 0.4) is 0 Å². The van der Waals surface area contributed by atoms with Crippen LogP contribution in [0.4, 0.5) is 5.69 Å². The predicted octanol–water partition coefficient (Wildman–Crippen LogP) is 4.68. The molecule has 0 atom stereocenters. The number of nitrogens with one attached hydrogen (secondary N) is 1. The fourth-order valence-corrected chi connectivity index (χ4v) is 5.53. The van der Waals surface area contributed by atoms with Crippen LogP contribution in [0.25, 0.3) is 11.0 Å². The Morgan fingerprint density at radius 3 is 2.41 bits per heavy atom. The summed E-state index contributed by atoms with van der Waals surface area (Å²) in [4.78, 5) is 12.6. The second-order valence-electron chi connectivity index (χ2n) is 7.22. The molecule has 0 radical (unpaired) electrons. The maximum atomic E-state index is 13.0. The van der Waals surface area contributed by atoms with E-state index in [4.69, 9.17) is 4.42 Å². The van der Waals surface area contributed by atoms with Crippen molar-refractivity contribution >= 4 is 32.5 Å². The number of fused-ring (bicyclic) bond motifs is 3. The van der Waals surface area contributed by atoms with Crippen LogP contribution in [0, 0.1) is 20.8 Å². The molecule has 2 aromatic carbocycles. The molecule has 0 unspecified atom stereocenters. The molecule has 3 aromatic rings. The van der Waals surface area contributed by atoms with Crippen LogP contribution in [0.5, 0.6) is 0 Å². The molecule has 0 aliphatic heterocycles. The first-order valence-corrected chi connectivity index (χ1v) is 10.4. The molecule has 5 nitrogen and oxygen atoms in total. The van der Waals surface area contributed by atoms with Gasteiger partial charge in [-0.15, -0.1) is 0 Å². The number of rotatable bonds is 3. The van der Waals surface area contributed by atoms with Gasteiger partial charge in [-0.3, -0.25) is 9.52 Å². The number of furan rings is 1. The van der Waals surface area contributed by atoms with E-state index in [9.17, 15) is 13.2 Å². The second kappa shape index (κ2) is 6.23. The average molecular weight is 383 g/mol. The SMILES string of the molecule is Cc1cc(C)c(S(=O)(=O)Nc2ccc3oc4c(c3c2)C(=O)CCC4)c(C)c1. The minimum atomic E-state index is -3.74. The van der Waals surface area contributed by atoms with Gasteiger partial charge in [-0.1, -0.05) is 17.7 Å². The van der Waals surface area contributed by atoms with Crippen molar-refractivity contribution < 1.29 is 17.6 Å². The molecule has 1 aliphatic rings. The van der Waals surface area contributed by atoms with Gasteiger partial charge in [0.2, 0.25) is 0 Å². The first-order chi connectivity index (χ1) is 12.8. The first kappa shape index (κ1) is 17.8. The number of hydrogen-bond acceptors (Lipinski definition) is 4. The van der Waals surface area contributed by atoms with Gasteiger partial charge in [0.05, 0.1) is 10.5 Å². The van der Waals surface area contributed by atoms with Crippen LogP contribution in [-0.4, -0.2) is 14.2 Å². The van der Waals surface area contributed by atoms with Crippen molar-refractivity contribution in [2.24, 2.45) is 0 Å². The fraction of sp³-hybridized carbons (Fsp3) is 0.286. The Balaban J connectivity index is 1.78. The number of benzene rings is 2. The van der Waals surface area contributed by atoms with Crippen LogP contribution >= 0.6 is 0 Å². The molecule has 6 heteroatoms. The van der Waals surface area contributed by atoms with Crippen molar-refractivity contribution in [3.8, 4) is 0 Å². The van der Waals surface area contributed by atoms with Crippen LogP contribution in [0.1, 0.15) is 45.7 Å². The molecule has 0 saturated heterocycles. The lowest BCUT2D eigenvalue weighted by Gasteiger charge is -2.14. The standard InChI is InChI=1S/C21H21NO4S/c1-12-9-13(2)21(14(3)10-12)27(24,25)22-15-7-8-18-16(11-15)20-17(23)5-4-6-19(20)26-18/h7-11,22H,4-6H2,1-3H3. The fourth-order valence-electron chi connectivity index (χ4n) is 4.02. The van der Waals surface area contributed by atoms with Crippen molar-refractivity contribution in [3.63, 3.8) is 0 Å². The van der Waals surface area contributed by atoms with Crippen LogP contribution < -0.4 is 4.72 Å². The van der Waals surface area contributed by atoms with Gasteiger partial charge in [0.25, 0.3) is 10.0 Å². The Hall–Kier alpha value is -2.60. The molecule has 4 rings (SSSR count). The molecule has 1 heterocycles. The van der Waals surface area contributed by atoms with Gasteiger partial charge >= 0.3 is 0 Å². The van der Waals surface area contributed by atoms with E-state index in [1.165, 1.54) is 0 Å². The van der Waals surface area contributed by atoms with E-state index in [1.54, 1.807) is 32.0 Å². The van der Waals surface area contributed by atoms with Gasteiger partial charge in [-0.25, -0.2) is 8.42 Å². The monoisotopic (exact) mass is 383 g/mol. The van der Waals surface area contributed by atoms with E-state index < -0.39 is 10.0 Å². The number of Topliss-reactive ketones (excluding diaryl/α,β-unsaturated/α-hetero) is 1. The number of carbonyl (C=O) groups excluding carboxylic acids is 1. The number of aryl methyl sites for hydroxylation is 4. The van der Waals surface area contributed by atoms with Crippen molar-refractivity contribution in [1.82, 2.24) is 0 Å². The molecule has 27 heavy (non-hydrogen) atoms. The van der Waals surface area contributed by atoms with Gasteiger partial charge in [0, 0.05) is 23.9 Å². The summed E-state index contributed by atoms with van der Waals surface area (Å²) in [7, 11) is -3.74. The summed E-state index contributed by atoms with van der Waals surface area (Å²) in [6, 6.07) is 8.79. The second-order valence-corrected chi connectivity index (χ2v) is 8.84. The van der Waals surface area contributed by atoms with E-state index in [-0.39, 0.29) is 5.78 Å². The average Bonchev–Trinajstić information content (AvgIpc) is 2.92. The van der Waals surface area contributed by atoms with Gasteiger partial charge in [-0.05, 0) is 56.5 Å². The molecule has 0 spiro atoms. The normalized spacial score (nSPS) is 14.4. The Morgan fingerprint density at radius 1 is 1.00 bits per heavy atom. The summed E-state index contributed by atoms with van der Waals surface area (Å²) in [6.07, 6.45) is 2.02. The molecule has 1 aromatic heterocycles. The van der Waals surface area contributed by atoms with Crippen molar-refractivity contribution in [2.45, 2.75) is 44.9 Å². The van der Waals surface area contributed by atoms with Crippen molar-refractivity contribution in [3.05, 3.63) is 58.3 Å². The van der Waals surface area contributed by atoms with E-state index in [0.717, 1.165) is 18.4 Å². The number of ketones is 1. The van der Waals surface area contributed by atoms with E-state index in [1.807, 2.05) is 19.1 Å². The number of sulfonamides is 1. The molecule has 1 N–H and O–H groups in total. The highest BCUT2D eigenvalue weighted by atomic mass is 32.2. The minimum Gasteiger partial charge on any atom is -0.460 e. The maximum Gasteiger partial charge on any atom is 0.262 e. The summed E-state index contributed by atoms with van der Waals surface area (Å²) in [5, 5.41) is 0.673. The van der Waals surface area contributed by atoms with Gasteiger partial charge in [0.15, 0.2) is 5.78 Å². The summed E-state index contributed by atoms with van der Waals surface area (Å²) in [5.41, 5.74) is 4.06. The first-order valence-electron chi connectivity index (χ1n) is 8.95. The van der Waals surface area contributed by atoms with E-state index in [0.29, 0.717) is 50.4 Å². The topological polar surface area (TPSA) is 76.4 Å². The van der Waals surface area contributed by atoms with Crippen LogP contribution in [-0.2, 0) is 16.4 Å². The number of anilines is 1. The Bertz CT molecular complexity index is 1170. The maximum absolute atomic E-state index is 13.0. The lowest BCUT2D eigenvalue weighted by atomic mass is 9.94. The number of carbonyl (C=O) groups is 1. The molecule has 1 aliphatic carbocycles. The smallest absolute Gasteiger partial charge is 0.262 e. The molecular weight excluding hydrogens is 362 g/mol. The summed E-state index contributed by atoms with van der Waals surface area (Å²) in [5.74, 6) is 0.756. The summed E-state index contributed by atoms with van der Waals surface area (Å²) in [6.45, 7) is 5.53. The highest BCUT2D eigenvalue weighted by Crippen LogP contribution is 2.34. The van der Waals surface area contributed by atoms with Crippen LogP contribution in [0.15, 0.2) is 39.6 Å². The highest BCUT2D eigenvalue weighted by Gasteiger charge is 2.25. The Morgan fingerprint density at radius 2 is 1.70 bits per heavy atom. The zero-order chi connectivity index (χ0) is 19.3. The largest absolute Gasteiger partial charge is 0.460 e. The number of hydrogen-bond donors (Lipinski definition) is 1. The van der Waals surface area contributed by atoms with Gasteiger partial charge in [-0.2, -0.15) is 0 Å². The third kappa shape index (κ3) is 3.04. The predicted molar refractivity (Wildman–Crippen MR) is 105 cm³/mol. The lowest BCUT2D eigenvalue weighted by molar-refractivity contribution is 0.0971. The van der Waals surface area contributed by atoms with Crippen molar-refractivity contribution in [1.29, 1.82) is 0 Å². The third-order valence-electron chi connectivity index (χ3n) is 4.97. The summed E-state index contributed by atoms with van der Waals surface area (Å²) >= 11 is 0. The Labute approximate surface area is 158 Å². The molecule has 0 fully saturated rings. The minimum absolute atomic E-state index is 0.0558. The zero-order valence-corrected chi connectivity index (χ0v) is 16.4. The molecule has 0 amide bonds. The van der Waals surface area contributed by atoms with E-state index >= 15 is 0 Å². The molecule has 0 bridgehead atoms. The van der Waals surface area contributed by atoms with Crippen LogP contribution in [0.2, 0.25) is 0 Å². The molecule has 140 valence electrons. The van der Waals surface area contributed by atoms with Gasteiger partial charge in [0.1, 0.15) is 11.3 Å². The third-order valence-corrected chi connectivity index (χ3v) is 6.66. The molecule has 0 saturated carbocycles. The lowest BCUT2D eigenvalue weighted by Crippen LogP contribution is -2.16. The zero-order valence-electron chi connectivity index (χ0n) is 15.5. The highest BCUT2D eigenvalue weighted by molar-refractivity contribution is 7.92. The quantitative estimate of drug-likeness (QED) is 0.712. The van der Waals surface area contributed by atoms with Gasteiger partial charge < -0.3 is 4.42 Å². The van der Waals surface area contributed by atoms with Crippen molar-refractivity contribution in [2.75, 3.05) is 4.72 Å².